The van der Waals surface area contributed by atoms with Crippen molar-refractivity contribution in [2.45, 2.75) is 100 Å². The summed E-state index contributed by atoms with van der Waals surface area (Å²) in [6.45, 7) is 13.2. The predicted octanol–water partition coefficient (Wildman–Crippen LogP) is 3.38. The molecule has 3 fully saturated rings. The maximum Gasteiger partial charge on any atom is 0.315 e. The molecule has 0 spiro atoms. The normalized spacial score (nSPS) is 24.4. The molecule has 4 unspecified atom stereocenters. The zero-order valence-corrected chi connectivity index (χ0v) is 26.4. The van der Waals surface area contributed by atoms with Gasteiger partial charge in [0.2, 0.25) is 17.6 Å². The van der Waals surface area contributed by atoms with Gasteiger partial charge in [0.1, 0.15) is 16.4 Å². The molecule has 234 valence electrons. The number of nitrogens with zero attached hydrogens (tertiary/aromatic N) is 1. The Balaban J connectivity index is 1.83. The first-order chi connectivity index (χ1) is 19.7. The number of carbonyl (C=O) groups excluding carboxylic acids is 5. The Hall–Kier alpha value is -2.59. The molecule has 2 saturated carbocycles. The van der Waals surface area contributed by atoms with Crippen LogP contribution >= 0.6 is 23.2 Å². The minimum absolute atomic E-state index is 0.0875. The first-order valence-electron chi connectivity index (χ1n) is 14.8. The van der Waals surface area contributed by atoms with Gasteiger partial charge in [-0.1, -0.05) is 31.4 Å². The average Bonchev–Trinajstić information content (AvgIpc) is 3.24. The fraction of sp³-hybridized carbons (Fsp3) is 0.700. The highest BCUT2D eigenvalue weighted by Crippen LogP contribution is 2.65. The standard InChI is InChI=1S/C30H45Cl2N5O5/c1-6-8-15-20(24(38)26(40)33-16-9-7-2)34-25(39)23-21-19(30(21,31)32)17-37(23)27(41)22(18-13-11-10-12-14-18)35-28(42)36-29(3,4)5/h6-7,18-23H,1-2,8-17H2,3-5H3,(H,33,40)(H,34,39)(H2,35,36,42)/t19?,20?,21?,22?,23-/m0/s1. The first kappa shape index (κ1) is 33.9. The van der Waals surface area contributed by atoms with E-state index >= 15 is 0 Å². The van der Waals surface area contributed by atoms with Gasteiger partial charge in [0.15, 0.2) is 0 Å². The fourth-order valence-corrected chi connectivity index (χ4v) is 6.85. The van der Waals surface area contributed by atoms with Crippen LogP contribution in [0.15, 0.2) is 25.3 Å². The van der Waals surface area contributed by atoms with Gasteiger partial charge >= 0.3 is 6.03 Å². The van der Waals surface area contributed by atoms with Crippen LogP contribution in [0, 0.1) is 17.8 Å². The largest absolute Gasteiger partial charge is 0.349 e. The Bertz CT molecular complexity index is 1070. The van der Waals surface area contributed by atoms with Gasteiger partial charge in [0, 0.05) is 30.5 Å². The number of fused-ring (bicyclic) bond motifs is 1. The molecule has 42 heavy (non-hydrogen) atoms. The van der Waals surface area contributed by atoms with Gasteiger partial charge in [-0.05, 0) is 58.8 Å². The number of halogens is 2. The van der Waals surface area contributed by atoms with E-state index in [-0.39, 0.29) is 37.3 Å². The van der Waals surface area contributed by atoms with E-state index in [0.717, 1.165) is 32.1 Å². The topological polar surface area (TPSA) is 137 Å². The number of nitrogens with one attached hydrogen (secondary N) is 4. The van der Waals surface area contributed by atoms with Crippen LogP contribution in [0.3, 0.4) is 0 Å². The number of alkyl halides is 2. The molecule has 1 aliphatic heterocycles. The summed E-state index contributed by atoms with van der Waals surface area (Å²) < 4.78 is -1.20. The highest BCUT2D eigenvalue weighted by atomic mass is 35.5. The number of carbonyl (C=O) groups is 5. The molecule has 0 aromatic carbocycles. The van der Waals surface area contributed by atoms with E-state index in [1.54, 1.807) is 12.2 Å². The van der Waals surface area contributed by atoms with Crippen molar-refractivity contribution in [3.05, 3.63) is 25.3 Å². The molecule has 0 aromatic heterocycles. The van der Waals surface area contributed by atoms with Gasteiger partial charge in [-0.15, -0.1) is 36.4 Å². The van der Waals surface area contributed by atoms with Crippen LogP contribution in [0.5, 0.6) is 0 Å². The monoisotopic (exact) mass is 625 g/mol. The number of allylic oxidation sites excluding steroid dienone is 1. The van der Waals surface area contributed by atoms with Gasteiger partial charge in [0.25, 0.3) is 5.91 Å². The molecule has 4 N–H and O–H groups in total. The molecule has 12 heteroatoms. The summed E-state index contributed by atoms with van der Waals surface area (Å²) in [5.74, 6) is -3.56. The lowest BCUT2D eigenvalue weighted by Gasteiger charge is -2.37. The second-order valence-corrected chi connectivity index (χ2v) is 14.0. The van der Waals surface area contributed by atoms with Gasteiger partial charge in [-0.3, -0.25) is 19.2 Å². The zero-order valence-electron chi connectivity index (χ0n) is 24.8. The minimum atomic E-state index is -1.20. The lowest BCUT2D eigenvalue weighted by Crippen LogP contribution is -2.61. The molecule has 5 amide bonds. The highest BCUT2D eigenvalue weighted by molar-refractivity contribution is 6.51. The number of likely N-dealkylation sites (tertiary alicyclic amines) is 1. The van der Waals surface area contributed by atoms with Crippen LogP contribution < -0.4 is 21.3 Å². The molecular weight excluding hydrogens is 581 g/mol. The molecule has 2 aliphatic carbocycles. The van der Waals surface area contributed by atoms with Crippen molar-refractivity contribution >= 4 is 52.7 Å². The number of ketones is 1. The lowest BCUT2D eigenvalue weighted by atomic mass is 9.83. The lowest BCUT2D eigenvalue weighted by molar-refractivity contribution is -0.144. The van der Waals surface area contributed by atoms with Crippen LogP contribution in [0.4, 0.5) is 4.79 Å². The van der Waals surface area contributed by atoms with E-state index in [9.17, 15) is 24.0 Å². The molecule has 3 rings (SSSR count). The van der Waals surface area contributed by atoms with E-state index in [0.29, 0.717) is 12.8 Å². The quantitative estimate of drug-likeness (QED) is 0.108. The molecule has 10 nitrogen and oxygen atoms in total. The summed E-state index contributed by atoms with van der Waals surface area (Å²) in [4.78, 5) is 67.8. The molecule has 0 aromatic rings. The first-order valence-corrected chi connectivity index (χ1v) is 15.6. The van der Waals surface area contributed by atoms with Crippen LogP contribution in [0.25, 0.3) is 0 Å². The number of hydrogen-bond acceptors (Lipinski definition) is 5. The smallest absolute Gasteiger partial charge is 0.315 e. The Morgan fingerprint density at radius 3 is 2.24 bits per heavy atom. The van der Waals surface area contributed by atoms with Crippen LogP contribution in [-0.4, -0.2) is 75.5 Å². The van der Waals surface area contributed by atoms with Crippen LogP contribution in [0.2, 0.25) is 0 Å². The van der Waals surface area contributed by atoms with E-state index in [1.807, 2.05) is 20.8 Å². The molecule has 3 aliphatic rings. The molecule has 1 heterocycles. The SMILES string of the molecule is C=CCCNC(=O)C(=O)C(CCC=C)NC(=O)[C@@H]1C2C(CN1C(=O)C(NC(=O)NC(C)(C)C)C1CCCCC1)C2(Cl)Cl. The molecule has 0 bridgehead atoms. The van der Waals surface area contributed by atoms with Crippen LogP contribution in [0.1, 0.15) is 72.1 Å². The fourth-order valence-electron chi connectivity index (χ4n) is 6.02. The average molecular weight is 627 g/mol. The second-order valence-electron chi connectivity index (χ2n) is 12.6. The molecule has 5 atom stereocenters. The summed E-state index contributed by atoms with van der Waals surface area (Å²) >= 11 is 13.0. The van der Waals surface area contributed by atoms with E-state index in [1.165, 1.54) is 4.90 Å². The van der Waals surface area contributed by atoms with E-state index in [4.69, 9.17) is 23.2 Å². The van der Waals surface area contributed by atoms with Gasteiger partial charge in [0.05, 0.1) is 6.04 Å². The Morgan fingerprint density at radius 2 is 1.64 bits per heavy atom. The van der Waals surface area contributed by atoms with Crippen molar-refractivity contribution < 1.29 is 24.0 Å². The number of amides is 5. The second kappa shape index (κ2) is 14.3. The third-order valence-corrected chi connectivity index (χ3v) is 9.26. The van der Waals surface area contributed by atoms with Gasteiger partial charge < -0.3 is 26.2 Å². The zero-order chi connectivity index (χ0) is 31.2. The Labute approximate surface area is 258 Å². The summed E-state index contributed by atoms with van der Waals surface area (Å²) in [6.07, 6.45) is 8.74. The van der Waals surface area contributed by atoms with E-state index < -0.39 is 57.5 Å². The van der Waals surface area contributed by atoms with Gasteiger partial charge in [-0.25, -0.2) is 4.79 Å². The summed E-state index contributed by atoms with van der Waals surface area (Å²) in [6, 6.07) is -3.48. The van der Waals surface area contributed by atoms with Gasteiger partial charge in [-0.2, -0.15) is 0 Å². The number of Topliss-reactive ketones (excluding diaryl/α,β-unsaturated/α-hetero) is 1. The summed E-state index contributed by atoms with van der Waals surface area (Å²) in [7, 11) is 0. The van der Waals surface area contributed by atoms with Crippen molar-refractivity contribution in [3.63, 3.8) is 0 Å². The number of piperidine rings is 1. The van der Waals surface area contributed by atoms with Crippen molar-refractivity contribution in [2.24, 2.45) is 17.8 Å². The molecule has 0 radical (unpaired) electrons. The van der Waals surface area contributed by atoms with Crippen molar-refractivity contribution in [1.82, 2.24) is 26.2 Å². The minimum Gasteiger partial charge on any atom is -0.349 e. The molecule has 1 saturated heterocycles. The maximum atomic E-state index is 14.1. The maximum absolute atomic E-state index is 14.1. The summed E-state index contributed by atoms with van der Waals surface area (Å²) in [5, 5.41) is 11.0. The molecular formula is C30H45Cl2N5O5. The third-order valence-electron chi connectivity index (χ3n) is 8.20. The Morgan fingerprint density at radius 1 is 1.00 bits per heavy atom. The van der Waals surface area contributed by atoms with Crippen molar-refractivity contribution in [1.29, 1.82) is 0 Å². The Kier molecular flexibility index (Phi) is 11.5. The number of rotatable bonds is 13. The number of urea groups is 1. The predicted molar refractivity (Wildman–Crippen MR) is 163 cm³/mol. The summed E-state index contributed by atoms with van der Waals surface area (Å²) in [5.41, 5.74) is -0.510. The van der Waals surface area contributed by atoms with Crippen molar-refractivity contribution in [3.8, 4) is 0 Å². The van der Waals surface area contributed by atoms with Crippen molar-refractivity contribution in [2.75, 3.05) is 13.1 Å². The highest BCUT2D eigenvalue weighted by Gasteiger charge is 2.74. The number of hydrogen-bond donors (Lipinski definition) is 4. The van der Waals surface area contributed by atoms with E-state index in [2.05, 4.69) is 34.4 Å². The van der Waals surface area contributed by atoms with Crippen LogP contribution in [-0.2, 0) is 19.2 Å². The third kappa shape index (κ3) is 8.28.